The van der Waals surface area contributed by atoms with Crippen LogP contribution in [0.15, 0.2) is 42.6 Å². The van der Waals surface area contributed by atoms with Crippen LogP contribution in [0.1, 0.15) is 31.2 Å². The van der Waals surface area contributed by atoms with Gasteiger partial charge in [0, 0.05) is 37.9 Å². The van der Waals surface area contributed by atoms with Gasteiger partial charge in [-0.25, -0.2) is 4.98 Å². The first-order valence-corrected chi connectivity index (χ1v) is 11.6. The molecule has 184 valence electrons. The van der Waals surface area contributed by atoms with Gasteiger partial charge in [0.1, 0.15) is 12.4 Å². The van der Waals surface area contributed by atoms with Crippen molar-refractivity contribution in [3.8, 4) is 0 Å². The molecule has 34 heavy (non-hydrogen) atoms. The number of rotatable bonds is 6. The normalized spacial score (nSPS) is 21.4. The van der Waals surface area contributed by atoms with Crippen molar-refractivity contribution in [1.82, 2.24) is 9.88 Å². The molecule has 1 aromatic carbocycles. The summed E-state index contributed by atoms with van der Waals surface area (Å²) >= 11 is 0. The van der Waals surface area contributed by atoms with Gasteiger partial charge in [0.15, 0.2) is 0 Å². The second kappa shape index (κ2) is 10.5. The Morgan fingerprint density at radius 3 is 2.41 bits per heavy atom. The average molecular weight is 478 g/mol. The molecule has 2 fully saturated rings. The first-order chi connectivity index (χ1) is 16.3. The standard InChI is InChI=1S/C24H30F3N5O2/c25-24(26,27)21-14-18(15-29-23(21)28)30-17-6-8-20(9-7-17)34-16-22(33)32-12-10-31(11-13-32)19-4-2-1-3-5-19/h1-5,14-15,17,20,30H,6-13,16H2,(H2,28,29). The third kappa shape index (κ3) is 6.11. The lowest BCUT2D eigenvalue weighted by Crippen LogP contribution is -2.50. The number of pyridine rings is 1. The summed E-state index contributed by atoms with van der Waals surface area (Å²) in [6.07, 6.45) is -0.295. The number of nitrogens with two attached hydrogens (primary N) is 1. The molecule has 10 heteroatoms. The fraction of sp³-hybridized carbons (Fsp3) is 0.500. The Bertz CT molecular complexity index is 957. The highest BCUT2D eigenvalue weighted by molar-refractivity contribution is 5.77. The largest absolute Gasteiger partial charge is 0.420 e. The maximum atomic E-state index is 13.0. The van der Waals surface area contributed by atoms with Crippen molar-refractivity contribution in [2.24, 2.45) is 0 Å². The van der Waals surface area contributed by atoms with E-state index in [1.807, 2.05) is 23.1 Å². The van der Waals surface area contributed by atoms with Crippen LogP contribution in [0.2, 0.25) is 0 Å². The first kappa shape index (κ1) is 24.1. The minimum absolute atomic E-state index is 0.000545. The topological polar surface area (TPSA) is 83.7 Å². The van der Waals surface area contributed by atoms with Gasteiger partial charge in [0.05, 0.1) is 23.6 Å². The van der Waals surface area contributed by atoms with E-state index in [1.165, 1.54) is 11.9 Å². The number of hydrogen-bond donors (Lipinski definition) is 2. The number of nitrogens with one attached hydrogen (secondary N) is 1. The van der Waals surface area contributed by atoms with Crippen molar-refractivity contribution in [3.05, 3.63) is 48.2 Å². The average Bonchev–Trinajstić information content (AvgIpc) is 2.84. The van der Waals surface area contributed by atoms with Gasteiger partial charge in [-0.3, -0.25) is 4.79 Å². The Morgan fingerprint density at radius 1 is 1.09 bits per heavy atom. The molecule has 2 aromatic rings. The molecule has 1 aromatic heterocycles. The number of amides is 1. The van der Waals surface area contributed by atoms with Gasteiger partial charge in [-0.1, -0.05) is 18.2 Å². The molecule has 7 nitrogen and oxygen atoms in total. The van der Waals surface area contributed by atoms with Crippen molar-refractivity contribution < 1.29 is 22.7 Å². The summed E-state index contributed by atoms with van der Waals surface area (Å²) < 4.78 is 45.0. The summed E-state index contributed by atoms with van der Waals surface area (Å²) in [5.74, 6) is -0.526. The van der Waals surface area contributed by atoms with Crippen LogP contribution in [-0.2, 0) is 15.7 Å². The summed E-state index contributed by atoms with van der Waals surface area (Å²) in [7, 11) is 0. The van der Waals surface area contributed by atoms with E-state index in [9.17, 15) is 18.0 Å². The third-order valence-corrected chi connectivity index (χ3v) is 6.47. The van der Waals surface area contributed by atoms with Crippen LogP contribution in [0.25, 0.3) is 0 Å². The maximum Gasteiger partial charge on any atom is 0.420 e. The van der Waals surface area contributed by atoms with E-state index in [1.54, 1.807) is 0 Å². The first-order valence-electron chi connectivity index (χ1n) is 11.6. The maximum absolute atomic E-state index is 13.0. The molecule has 0 atom stereocenters. The number of ether oxygens (including phenoxy) is 1. The molecule has 0 spiro atoms. The van der Waals surface area contributed by atoms with Gasteiger partial charge in [-0.05, 0) is 43.9 Å². The molecule has 4 rings (SSSR count). The van der Waals surface area contributed by atoms with Gasteiger partial charge in [-0.2, -0.15) is 13.2 Å². The van der Waals surface area contributed by atoms with Crippen LogP contribution in [-0.4, -0.2) is 60.7 Å². The number of aromatic nitrogens is 1. The molecule has 1 aliphatic carbocycles. The number of nitrogens with zero attached hydrogens (tertiary/aromatic N) is 3. The highest BCUT2D eigenvalue weighted by Crippen LogP contribution is 2.34. The van der Waals surface area contributed by atoms with Gasteiger partial charge < -0.3 is 25.6 Å². The second-order valence-corrected chi connectivity index (χ2v) is 8.79. The number of alkyl halides is 3. The molecule has 1 saturated heterocycles. The lowest BCUT2D eigenvalue weighted by atomic mass is 9.92. The Morgan fingerprint density at radius 2 is 1.76 bits per heavy atom. The Labute approximate surface area is 197 Å². The lowest BCUT2D eigenvalue weighted by Gasteiger charge is -2.36. The summed E-state index contributed by atoms with van der Waals surface area (Å²) in [6, 6.07) is 11.2. The van der Waals surface area contributed by atoms with Gasteiger partial charge >= 0.3 is 6.18 Å². The number of nitrogen functional groups attached to an aromatic ring is 1. The number of halogens is 3. The second-order valence-electron chi connectivity index (χ2n) is 8.79. The SMILES string of the molecule is Nc1ncc(NC2CCC(OCC(=O)N3CCN(c4ccccc4)CC3)CC2)cc1C(F)(F)F. The highest BCUT2D eigenvalue weighted by Gasteiger charge is 2.34. The molecule has 2 heterocycles. The van der Waals surface area contributed by atoms with E-state index in [-0.39, 0.29) is 24.7 Å². The van der Waals surface area contributed by atoms with E-state index in [2.05, 4.69) is 27.3 Å². The van der Waals surface area contributed by atoms with Crippen molar-refractivity contribution >= 4 is 23.1 Å². The number of para-hydroxylation sites is 1. The van der Waals surface area contributed by atoms with Crippen molar-refractivity contribution in [1.29, 1.82) is 0 Å². The minimum Gasteiger partial charge on any atom is -0.383 e. The quantitative estimate of drug-likeness (QED) is 0.659. The number of piperazine rings is 1. The predicted molar refractivity (Wildman–Crippen MR) is 125 cm³/mol. The summed E-state index contributed by atoms with van der Waals surface area (Å²) in [4.78, 5) is 20.4. The number of carbonyl (C=O) groups is 1. The molecule has 1 amide bonds. The summed E-state index contributed by atoms with van der Waals surface area (Å²) in [5.41, 5.74) is 5.90. The fourth-order valence-electron chi connectivity index (χ4n) is 4.52. The summed E-state index contributed by atoms with van der Waals surface area (Å²) in [5, 5.41) is 3.12. The smallest absolute Gasteiger partial charge is 0.383 e. The minimum atomic E-state index is -4.54. The Balaban J connectivity index is 1.18. The van der Waals surface area contributed by atoms with Gasteiger partial charge in [0.25, 0.3) is 0 Å². The number of anilines is 3. The van der Waals surface area contributed by atoms with Gasteiger partial charge in [0.2, 0.25) is 5.91 Å². The highest BCUT2D eigenvalue weighted by atomic mass is 19.4. The molecular formula is C24H30F3N5O2. The van der Waals surface area contributed by atoms with Crippen LogP contribution in [0.5, 0.6) is 0 Å². The monoisotopic (exact) mass is 477 g/mol. The number of hydrogen-bond acceptors (Lipinski definition) is 6. The Kier molecular flexibility index (Phi) is 7.45. The van der Waals surface area contributed by atoms with E-state index in [0.29, 0.717) is 18.8 Å². The van der Waals surface area contributed by atoms with E-state index < -0.39 is 17.6 Å². The molecular weight excluding hydrogens is 447 g/mol. The van der Waals surface area contributed by atoms with Gasteiger partial charge in [-0.15, -0.1) is 0 Å². The van der Waals surface area contributed by atoms with Crippen LogP contribution in [0, 0.1) is 0 Å². The van der Waals surface area contributed by atoms with E-state index >= 15 is 0 Å². The molecule has 0 radical (unpaired) electrons. The molecule has 3 N–H and O–H groups in total. The lowest BCUT2D eigenvalue weighted by molar-refractivity contribution is -0.139. The molecule has 1 aliphatic heterocycles. The fourth-order valence-corrected chi connectivity index (χ4v) is 4.52. The van der Waals surface area contributed by atoms with Crippen molar-refractivity contribution in [2.45, 2.75) is 44.0 Å². The molecule has 0 unspecified atom stereocenters. The Hall–Kier alpha value is -3.01. The molecule has 0 bridgehead atoms. The third-order valence-electron chi connectivity index (χ3n) is 6.47. The zero-order valence-corrected chi connectivity index (χ0v) is 18.9. The van der Waals surface area contributed by atoms with Crippen molar-refractivity contribution in [3.63, 3.8) is 0 Å². The molecule has 1 saturated carbocycles. The van der Waals surface area contributed by atoms with Crippen LogP contribution >= 0.6 is 0 Å². The van der Waals surface area contributed by atoms with Crippen LogP contribution < -0.4 is 16.0 Å². The number of benzene rings is 1. The predicted octanol–water partition coefficient (Wildman–Crippen LogP) is 3.77. The zero-order chi connectivity index (χ0) is 24.1. The van der Waals surface area contributed by atoms with E-state index in [4.69, 9.17) is 10.5 Å². The van der Waals surface area contributed by atoms with Crippen LogP contribution in [0.4, 0.5) is 30.4 Å². The van der Waals surface area contributed by atoms with E-state index in [0.717, 1.165) is 44.8 Å². The molecule has 2 aliphatic rings. The number of carbonyl (C=O) groups excluding carboxylic acids is 1. The van der Waals surface area contributed by atoms with Crippen LogP contribution in [0.3, 0.4) is 0 Å². The zero-order valence-electron chi connectivity index (χ0n) is 18.9. The van der Waals surface area contributed by atoms with Crippen molar-refractivity contribution in [2.75, 3.05) is 48.7 Å². The summed E-state index contributed by atoms with van der Waals surface area (Å²) in [6.45, 7) is 2.99.